The summed E-state index contributed by atoms with van der Waals surface area (Å²) < 4.78 is 5.61. The average molecular weight is 213 g/mol. The van der Waals surface area contributed by atoms with Crippen LogP contribution in [0.3, 0.4) is 0 Å². The van der Waals surface area contributed by atoms with Gasteiger partial charge in [0.1, 0.15) is 11.9 Å². The van der Waals surface area contributed by atoms with Crippen molar-refractivity contribution in [1.82, 2.24) is 0 Å². The van der Waals surface area contributed by atoms with Crippen LogP contribution in [0.1, 0.15) is 18.4 Å². The van der Waals surface area contributed by atoms with Crippen LogP contribution in [0.2, 0.25) is 5.02 Å². The molecule has 0 spiro atoms. The molecule has 0 aliphatic heterocycles. The molecule has 0 aromatic heterocycles. The van der Waals surface area contributed by atoms with Crippen LogP contribution in [-0.4, -0.2) is 17.3 Å². The third-order valence-electron chi connectivity index (χ3n) is 2.45. The first kappa shape index (κ1) is 9.81. The molecule has 0 unspecified atom stereocenters. The molecule has 0 radical (unpaired) electrons. The van der Waals surface area contributed by atoms with Gasteiger partial charge in [-0.05, 0) is 24.6 Å². The highest BCUT2D eigenvalue weighted by Crippen LogP contribution is 2.31. The molecule has 1 aromatic rings. The molecule has 0 saturated heterocycles. The van der Waals surface area contributed by atoms with Crippen molar-refractivity contribution in [3.63, 3.8) is 0 Å². The van der Waals surface area contributed by atoms with E-state index in [1.807, 2.05) is 25.1 Å². The lowest BCUT2D eigenvalue weighted by Crippen LogP contribution is -2.37. The molecule has 1 aliphatic rings. The van der Waals surface area contributed by atoms with Crippen LogP contribution in [0.4, 0.5) is 0 Å². The summed E-state index contributed by atoms with van der Waals surface area (Å²) in [4.78, 5) is 0. The van der Waals surface area contributed by atoms with Crippen LogP contribution in [-0.2, 0) is 0 Å². The third-order valence-corrected chi connectivity index (χ3v) is 2.75. The van der Waals surface area contributed by atoms with Gasteiger partial charge < -0.3 is 9.84 Å². The molecular formula is C11H13ClO2. The molecule has 2 nitrogen and oxygen atoms in total. The predicted molar refractivity (Wildman–Crippen MR) is 55.8 cm³/mol. The second kappa shape index (κ2) is 3.79. The topological polar surface area (TPSA) is 29.5 Å². The summed E-state index contributed by atoms with van der Waals surface area (Å²) in [5.41, 5.74) is 1.12. The minimum Gasteiger partial charge on any atom is -0.489 e. The summed E-state index contributed by atoms with van der Waals surface area (Å²) in [5, 5.41) is 9.74. The summed E-state index contributed by atoms with van der Waals surface area (Å²) in [5.74, 6) is 0.717. The van der Waals surface area contributed by atoms with Gasteiger partial charge in [-0.3, -0.25) is 0 Å². The maximum absolute atomic E-state index is 9.10. The lowest BCUT2D eigenvalue weighted by Gasteiger charge is -2.31. The molecule has 0 heterocycles. The maximum atomic E-state index is 9.10. The highest BCUT2D eigenvalue weighted by atomic mass is 35.5. The Morgan fingerprint density at radius 3 is 2.71 bits per heavy atom. The Labute approximate surface area is 88.5 Å². The third kappa shape index (κ3) is 2.02. The zero-order chi connectivity index (χ0) is 10.1. The van der Waals surface area contributed by atoms with Crippen molar-refractivity contribution in [1.29, 1.82) is 0 Å². The minimum atomic E-state index is -0.191. The van der Waals surface area contributed by atoms with Crippen LogP contribution in [0.15, 0.2) is 18.2 Å². The van der Waals surface area contributed by atoms with Gasteiger partial charge in [0.15, 0.2) is 0 Å². The van der Waals surface area contributed by atoms with E-state index in [0.717, 1.165) is 5.56 Å². The summed E-state index contributed by atoms with van der Waals surface area (Å²) in [6.07, 6.45) is 1.36. The Bertz CT molecular complexity index is 332. The van der Waals surface area contributed by atoms with E-state index < -0.39 is 0 Å². The van der Waals surface area contributed by atoms with Gasteiger partial charge >= 0.3 is 0 Å². The highest BCUT2D eigenvalue weighted by Gasteiger charge is 2.29. The van der Waals surface area contributed by atoms with E-state index >= 15 is 0 Å². The maximum Gasteiger partial charge on any atom is 0.138 e. The number of aliphatic hydroxyl groups excluding tert-OH is 1. The lowest BCUT2D eigenvalue weighted by molar-refractivity contribution is -0.0107. The molecular weight excluding hydrogens is 200 g/mol. The van der Waals surface area contributed by atoms with E-state index in [2.05, 4.69) is 0 Å². The van der Waals surface area contributed by atoms with E-state index in [1.54, 1.807) is 0 Å². The normalized spacial score (nSPS) is 25.6. The summed E-state index contributed by atoms with van der Waals surface area (Å²) in [6, 6.07) is 5.73. The highest BCUT2D eigenvalue weighted by molar-refractivity contribution is 6.32. The number of ether oxygens (including phenoxy) is 1. The van der Waals surface area contributed by atoms with E-state index in [9.17, 15) is 0 Å². The van der Waals surface area contributed by atoms with Crippen molar-refractivity contribution in [2.24, 2.45) is 0 Å². The SMILES string of the molecule is Cc1ccc(OC2CC(O)C2)c(Cl)c1. The Morgan fingerprint density at radius 2 is 2.14 bits per heavy atom. The summed E-state index contributed by atoms with van der Waals surface area (Å²) >= 11 is 6.00. The molecule has 76 valence electrons. The molecule has 1 aliphatic carbocycles. The number of rotatable bonds is 2. The fourth-order valence-electron chi connectivity index (χ4n) is 1.52. The second-order valence-electron chi connectivity index (χ2n) is 3.80. The molecule has 3 heteroatoms. The zero-order valence-corrected chi connectivity index (χ0v) is 8.79. The lowest BCUT2D eigenvalue weighted by atomic mass is 9.92. The van der Waals surface area contributed by atoms with E-state index in [-0.39, 0.29) is 12.2 Å². The fraction of sp³-hybridized carbons (Fsp3) is 0.455. The molecule has 1 aromatic carbocycles. The molecule has 1 N–H and O–H groups in total. The van der Waals surface area contributed by atoms with E-state index in [4.69, 9.17) is 21.4 Å². The number of halogens is 1. The van der Waals surface area contributed by atoms with Crippen LogP contribution >= 0.6 is 11.6 Å². The number of hydrogen-bond donors (Lipinski definition) is 1. The van der Waals surface area contributed by atoms with Gasteiger partial charge in [-0.15, -0.1) is 0 Å². The van der Waals surface area contributed by atoms with E-state index in [0.29, 0.717) is 23.6 Å². The number of benzene rings is 1. The number of hydrogen-bond acceptors (Lipinski definition) is 2. The van der Waals surface area contributed by atoms with Gasteiger partial charge in [0.2, 0.25) is 0 Å². The van der Waals surface area contributed by atoms with Crippen molar-refractivity contribution in [2.75, 3.05) is 0 Å². The summed E-state index contributed by atoms with van der Waals surface area (Å²) in [6.45, 7) is 1.99. The molecule has 1 saturated carbocycles. The second-order valence-corrected chi connectivity index (χ2v) is 4.21. The first-order valence-electron chi connectivity index (χ1n) is 4.76. The van der Waals surface area contributed by atoms with Gasteiger partial charge in [-0.2, -0.15) is 0 Å². The molecule has 2 rings (SSSR count). The molecule has 0 amide bonds. The number of aryl methyl sites for hydroxylation is 1. The van der Waals surface area contributed by atoms with Gasteiger partial charge in [-0.1, -0.05) is 17.7 Å². The van der Waals surface area contributed by atoms with Crippen LogP contribution in [0.25, 0.3) is 0 Å². The Hall–Kier alpha value is -0.730. The van der Waals surface area contributed by atoms with Crippen molar-refractivity contribution in [3.05, 3.63) is 28.8 Å². The smallest absolute Gasteiger partial charge is 0.138 e. The van der Waals surface area contributed by atoms with Crippen LogP contribution in [0, 0.1) is 6.92 Å². The van der Waals surface area contributed by atoms with Crippen molar-refractivity contribution in [2.45, 2.75) is 32.0 Å². The van der Waals surface area contributed by atoms with Gasteiger partial charge in [0.25, 0.3) is 0 Å². The number of aliphatic hydroxyl groups is 1. The van der Waals surface area contributed by atoms with Gasteiger partial charge in [0.05, 0.1) is 11.1 Å². The summed E-state index contributed by atoms with van der Waals surface area (Å²) in [7, 11) is 0. The van der Waals surface area contributed by atoms with Crippen molar-refractivity contribution >= 4 is 11.6 Å². The molecule has 1 fully saturated rings. The molecule has 14 heavy (non-hydrogen) atoms. The Balaban J connectivity index is 2.02. The monoisotopic (exact) mass is 212 g/mol. The van der Waals surface area contributed by atoms with Crippen molar-refractivity contribution in [3.8, 4) is 5.75 Å². The van der Waals surface area contributed by atoms with Crippen molar-refractivity contribution < 1.29 is 9.84 Å². The first-order chi connectivity index (χ1) is 6.65. The molecule has 0 atom stereocenters. The standard InChI is InChI=1S/C11H13ClO2/c1-7-2-3-11(10(12)4-7)14-9-5-8(13)6-9/h2-4,8-9,13H,5-6H2,1H3. The average Bonchev–Trinajstić information content (AvgIpc) is 2.06. The molecule has 0 bridgehead atoms. The van der Waals surface area contributed by atoms with Crippen LogP contribution < -0.4 is 4.74 Å². The Kier molecular flexibility index (Phi) is 2.66. The first-order valence-corrected chi connectivity index (χ1v) is 5.14. The quantitative estimate of drug-likeness (QED) is 0.817. The van der Waals surface area contributed by atoms with Gasteiger partial charge in [0, 0.05) is 12.8 Å². The van der Waals surface area contributed by atoms with E-state index in [1.165, 1.54) is 0 Å². The zero-order valence-electron chi connectivity index (χ0n) is 8.03. The van der Waals surface area contributed by atoms with Gasteiger partial charge in [-0.25, -0.2) is 0 Å². The largest absolute Gasteiger partial charge is 0.489 e. The predicted octanol–water partition coefficient (Wildman–Crippen LogP) is 2.55. The van der Waals surface area contributed by atoms with Crippen LogP contribution in [0.5, 0.6) is 5.75 Å². The fourth-order valence-corrected chi connectivity index (χ4v) is 1.79. The Morgan fingerprint density at radius 1 is 1.43 bits per heavy atom. The minimum absolute atomic E-state index is 0.130.